The number of anilines is 1. The molecule has 0 saturated heterocycles. The molecule has 30 heavy (non-hydrogen) atoms. The summed E-state index contributed by atoms with van der Waals surface area (Å²) in [6.45, 7) is 4.15. The summed E-state index contributed by atoms with van der Waals surface area (Å²) >= 11 is 0. The fourth-order valence-corrected chi connectivity index (χ4v) is 4.00. The van der Waals surface area contributed by atoms with E-state index in [0.717, 1.165) is 28.8 Å². The number of carbonyl (C=O) groups is 1. The first kappa shape index (κ1) is 18.2. The van der Waals surface area contributed by atoms with Gasteiger partial charge in [0.2, 0.25) is 0 Å². The van der Waals surface area contributed by atoms with Gasteiger partial charge in [0.1, 0.15) is 11.3 Å². The average molecular weight is 400 g/mol. The van der Waals surface area contributed by atoms with Crippen molar-refractivity contribution in [1.29, 1.82) is 0 Å². The van der Waals surface area contributed by atoms with Gasteiger partial charge in [0.25, 0.3) is 11.5 Å². The number of hydrogen-bond acceptors (Lipinski definition) is 4. The highest BCUT2D eigenvalue weighted by molar-refractivity contribution is 6.06. The Hall–Kier alpha value is -3.87. The molecular weight excluding hydrogens is 380 g/mol. The quantitative estimate of drug-likeness (QED) is 0.551. The van der Waals surface area contributed by atoms with Gasteiger partial charge in [-0.25, -0.2) is 9.50 Å². The molecule has 1 aliphatic rings. The first-order valence-corrected chi connectivity index (χ1v) is 9.78. The van der Waals surface area contributed by atoms with Crippen molar-refractivity contribution in [2.75, 3.05) is 11.9 Å². The second-order valence-corrected chi connectivity index (χ2v) is 7.36. The van der Waals surface area contributed by atoms with E-state index in [4.69, 9.17) is 4.74 Å². The van der Waals surface area contributed by atoms with E-state index >= 15 is 0 Å². The Morgan fingerprint density at radius 3 is 2.73 bits per heavy atom. The topological polar surface area (TPSA) is 88.5 Å². The van der Waals surface area contributed by atoms with E-state index in [2.05, 4.69) is 15.4 Å². The van der Waals surface area contributed by atoms with E-state index in [0.29, 0.717) is 29.4 Å². The Balaban J connectivity index is 1.60. The van der Waals surface area contributed by atoms with E-state index in [1.54, 1.807) is 13.0 Å². The highest BCUT2D eigenvalue weighted by atomic mass is 16.5. The molecular formula is C23H20N4O3. The molecule has 150 valence electrons. The van der Waals surface area contributed by atoms with E-state index in [1.165, 1.54) is 4.52 Å². The molecule has 2 aromatic heterocycles. The molecule has 0 aliphatic carbocycles. The van der Waals surface area contributed by atoms with Crippen LogP contribution < -0.4 is 15.6 Å². The van der Waals surface area contributed by atoms with Gasteiger partial charge in [-0.1, -0.05) is 42.5 Å². The predicted molar refractivity (Wildman–Crippen MR) is 114 cm³/mol. The van der Waals surface area contributed by atoms with Gasteiger partial charge in [-0.15, -0.1) is 0 Å². The number of aromatic amines is 1. The molecule has 0 spiro atoms. The first-order valence-electron chi connectivity index (χ1n) is 9.78. The van der Waals surface area contributed by atoms with Crippen LogP contribution in [0.15, 0.2) is 53.3 Å². The van der Waals surface area contributed by atoms with Crippen molar-refractivity contribution >= 4 is 17.2 Å². The van der Waals surface area contributed by atoms with Gasteiger partial charge in [-0.2, -0.15) is 0 Å². The van der Waals surface area contributed by atoms with Crippen LogP contribution in [0.4, 0.5) is 5.69 Å². The Labute approximate surface area is 172 Å². The number of para-hydroxylation sites is 1. The maximum atomic E-state index is 13.2. The van der Waals surface area contributed by atoms with E-state index in [1.807, 2.05) is 49.4 Å². The number of ether oxygens (including phenoxy) is 1. The third-order valence-electron chi connectivity index (χ3n) is 5.39. The zero-order valence-electron chi connectivity index (χ0n) is 16.7. The van der Waals surface area contributed by atoms with Gasteiger partial charge >= 0.3 is 0 Å². The molecule has 0 radical (unpaired) electrons. The lowest BCUT2D eigenvalue weighted by atomic mass is 10.1. The van der Waals surface area contributed by atoms with Crippen molar-refractivity contribution in [2.24, 2.45) is 0 Å². The Morgan fingerprint density at radius 2 is 1.93 bits per heavy atom. The lowest BCUT2D eigenvalue weighted by Gasteiger charge is -2.11. The number of nitrogens with zero attached hydrogens (tertiary/aromatic N) is 2. The summed E-state index contributed by atoms with van der Waals surface area (Å²) in [7, 11) is 0. The second-order valence-electron chi connectivity index (χ2n) is 7.36. The number of amides is 1. The summed E-state index contributed by atoms with van der Waals surface area (Å²) in [6.07, 6.45) is 0.804. The molecule has 0 fully saturated rings. The molecule has 7 nitrogen and oxygen atoms in total. The molecule has 2 N–H and O–H groups in total. The number of H-pyrrole nitrogens is 1. The van der Waals surface area contributed by atoms with Gasteiger partial charge in [-0.3, -0.25) is 14.7 Å². The lowest BCUT2D eigenvalue weighted by molar-refractivity contribution is 0.102. The zero-order chi connectivity index (χ0) is 20.8. The smallest absolute Gasteiger partial charge is 0.285 e. The Bertz CT molecular complexity index is 1350. The number of aromatic nitrogens is 3. The van der Waals surface area contributed by atoms with Gasteiger partial charge in [0.05, 0.1) is 18.0 Å². The number of fused-ring (bicyclic) bond motifs is 2. The fourth-order valence-electron chi connectivity index (χ4n) is 4.00. The van der Waals surface area contributed by atoms with Crippen molar-refractivity contribution in [3.63, 3.8) is 0 Å². The van der Waals surface area contributed by atoms with Crippen LogP contribution in [0.3, 0.4) is 0 Å². The zero-order valence-corrected chi connectivity index (χ0v) is 16.7. The summed E-state index contributed by atoms with van der Waals surface area (Å²) < 4.78 is 6.98. The Kier molecular flexibility index (Phi) is 4.17. The van der Waals surface area contributed by atoms with Gasteiger partial charge in [0, 0.05) is 17.7 Å². The maximum Gasteiger partial charge on any atom is 0.285 e. The van der Waals surface area contributed by atoms with Crippen LogP contribution in [0.2, 0.25) is 0 Å². The van der Waals surface area contributed by atoms with Crippen molar-refractivity contribution < 1.29 is 9.53 Å². The van der Waals surface area contributed by atoms with E-state index in [9.17, 15) is 9.59 Å². The van der Waals surface area contributed by atoms with Crippen LogP contribution in [-0.2, 0) is 6.42 Å². The molecule has 1 amide bonds. The summed E-state index contributed by atoms with van der Waals surface area (Å²) in [4.78, 5) is 30.8. The third kappa shape index (κ3) is 2.78. The average Bonchev–Trinajstić information content (AvgIpc) is 3.33. The molecule has 3 heterocycles. The van der Waals surface area contributed by atoms with Gasteiger partial charge < -0.3 is 10.1 Å². The highest BCUT2D eigenvalue weighted by Gasteiger charge is 2.24. The summed E-state index contributed by atoms with van der Waals surface area (Å²) in [5, 5.41) is 5.89. The van der Waals surface area contributed by atoms with Crippen LogP contribution in [0.1, 0.15) is 27.3 Å². The molecule has 0 unspecified atom stereocenters. The molecule has 7 heteroatoms. The largest absolute Gasteiger partial charge is 0.491 e. The van der Waals surface area contributed by atoms with E-state index < -0.39 is 11.5 Å². The maximum absolute atomic E-state index is 13.2. The molecule has 2 aromatic carbocycles. The van der Waals surface area contributed by atoms with Crippen molar-refractivity contribution in [1.82, 2.24) is 14.6 Å². The summed E-state index contributed by atoms with van der Waals surface area (Å²) in [5.74, 6) is 0.163. The summed E-state index contributed by atoms with van der Waals surface area (Å²) in [5.41, 5.74) is 4.65. The van der Waals surface area contributed by atoms with Crippen LogP contribution in [0, 0.1) is 13.8 Å². The SMILES string of the molecule is Cc1nc2c(-c3ccccc3)c(C)[nH]n2c(=O)c1C(=O)Nc1cccc2c1OCC2. The van der Waals surface area contributed by atoms with Crippen molar-refractivity contribution in [3.05, 3.63) is 81.4 Å². The molecule has 5 rings (SSSR count). The van der Waals surface area contributed by atoms with Crippen LogP contribution in [0.25, 0.3) is 16.8 Å². The van der Waals surface area contributed by atoms with Crippen molar-refractivity contribution in [2.45, 2.75) is 20.3 Å². The van der Waals surface area contributed by atoms with E-state index in [-0.39, 0.29) is 5.56 Å². The number of benzene rings is 2. The molecule has 0 bridgehead atoms. The minimum absolute atomic E-state index is 0.00367. The number of nitrogens with one attached hydrogen (secondary N) is 2. The third-order valence-corrected chi connectivity index (χ3v) is 5.39. The molecule has 0 atom stereocenters. The Morgan fingerprint density at radius 1 is 1.13 bits per heavy atom. The standard InChI is InChI=1S/C23H20N4O3/c1-13-19(22(28)25-17-10-6-9-16-11-12-30-20(16)17)23(29)27-21(24-13)18(14(2)26-27)15-7-4-3-5-8-15/h3-10,26H,11-12H2,1-2H3,(H,25,28). The number of aryl methyl sites for hydroxylation is 2. The van der Waals surface area contributed by atoms with Gasteiger partial charge in [-0.05, 0) is 31.0 Å². The van der Waals surface area contributed by atoms with Gasteiger partial charge in [0.15, 0.2) is 5.65 Å². The highest BCUT2D eigenvalue weighted by Crippen LogP contribution is 2.33. The van der Waals surface area contributed by atoms with Crippen LogP contribution in [0.5, 0.6) is 5.75 Å². The minimum Gasteiger partial charge on any atom is -0.491 e. The molecule has 1 aliphatic heterocycles. The molecule has 0 saturated carbocycles. The minimum atomic E-state index is -0.503. The summed E-state index contributed by atoms with van der Waals surface area (Å²) in [6, 6.07) is 15.3. The number of rotatable bonds is 3. The predicted octanol–water partition coefficient (Wildman–Crippen LogP) is 3.49. The second kappa shape index (κ2) is 6.88. The van der Waals surface area contributed by atoms with Crippen molar-refractivity contribution in [3.8, 4) is 16.9 Å². The number of hydrogen-bond donors (Lipinski definition) is 2. The monoisotopic (exact) mass is 400 g/mol. The fraction of sp³-hybridized carbons (Fsp3) is 0.174. The van der Waals surface area contributed by atoms with Crippen LogP contribution in [-0.4, -0.2) is 27.1 Å². The molecule has 4 aromatic rings. The number of carbonyl (C=O) groups excluding carboxylic acids is 1. The normalized spacial score (nSPS) is 12.6. The first-order chi connectivity index (χ1) is 14.5. The van der Waals surface area contributed by atoms with Crippen LogP contribution >= 0.6 is 0 Å². The lowest BCUT2D eigenvalue weighted by Crippen LogP contribution is -2.29.